The molecule has 3 rings (SSSR count). The first kappa shape index (κ1) is 20.7. The van der Waals surface area contributed by atoms with E-state index in [-0.39, 0.29) is 29.8 Å². The van der Waals surface area contributed by atoms with E-state index in [1.54, 1.807) is 24.1 Å². The summed E-state index contributed by atoms with van der Waals surface area (Å²) in [5.41, 5.74) is 0.860. The van der Waals surface area contributed by atoms with Gasteiger partial charge in [0, 0.05) is 41.1 Å². The van der Waals surface area contributed by atoms with Crippen molar-refractivity contribution in [3.63, 3.8) is 0 Å². The van der Waals surface area contributed by atoms with Crippen LogP contribution in [0.15, 0.2) is 46.3 Å². The number of esters is 1. The minimum absolute atomic E-state index is 0.0749. The molecule has 7 nitrogen and oxygen atoms in total. The van der Waals surface area contributed by atoms with Gasteiger partial charge in [-0.05, 0) is 6.07 Å². The molecule has 0 unspecified atom stereocenters. The summed E-state index contributed by atoms with van der Waals surface area (Å²) in [5, 5.41) is 8.35. The van der Waals surface area contributed by atoms with E-state index in [9.17, 15) is 18.4 Å². The topological polar surface area (TPSA) is 79.0 Å². The van der Waals surface area contributed by atoms with E-state index in [4.69, 9.17) is 4.74 Å². The van der Waals surface area contributed by atoms with Gasteiger partial charge in [-0.3, -0.25) is 14.3 Å². The van der Waals surface area contributed by atoms with Crippen molar-refractivity contribution in [1.29, 1.82) is 0 Å². The van der Waals surface area contributed by atoms with Gasteiger partial charge in [-0.1, -0.05) is 12.1 Å². The lowest BCUT2D eigenvalue weighted by Crippen LogP contribution is -2.25. The molecule has 3 aromatic rings. The Morgan fingerprint density at radius 2 is 2.10 bits per heavy atom. The van der Waals surface area contributed by atoms with Gasteiger partial charge in [0.05, 0.1) is 32.0 Å². The predicted octanol–water partition coefficient (Wildman–Crippen LogP) is 2.31. The van der Waals surface area contributed by atoms with Gasteiger partial charge >= 0.3 is 5.97 Å². The third-order valence-corrected chi connectivity index (χ3v) is 5.20. The first-order chi connectivity index (χ1) is 13.9. The van der Waals surface area contributed by atoms with Gasteiger partial charge in [-0.15, -0.1) is 11.8 Å². The second-order valence-electron chi connectivity index (χ2n) is 6.23. The van der Waals surface area contributed by atoms with Crippen LogP contribution in [0.4, 0.5) is 8.78 Å². The number of halogens is 2. The van der Waals surface area contributed by atoms with E-state index < -0.39 is 17.6 Å². The molecule has 0 atom stereocenters. The van der Waals surface area contributed by atoms with Crippen LogP contribution in [0.1, 0.15) is 16.8 Å². The summed E-state index contributed by atoms with van der Waals surface area (Å²) in [7, 11) is 3.01. The molecule has 0 fully saturated rings. The highest BCUT2D eigenvalue weighted by Gasteiger charge is 2.16. The van der Waals surface area contributed by atoms with E-state index in [1.165, 1.54) is 30.0 Å². The Bertz CT molecular complexity index is 1100. The van der Waals surface area contributed by atoms with Crippen molar-refractivity contribution in [3.8, 4) is 0 Å². The van der Waals surface area contributed by atoms with Gasteiger partial charge in [-0.25, -0.2) is 13.5 Å². The normalized spacial score (nSPS) is 10.9. The van der Waals surface area contributed by atoms with Crippen molar-refractivity contribution in [2.24, 2.45) is 7.05 Å². The number of ether oxygens (including phenoxy) is 1. The summed E-state index contributed by atoms with van der Waals surface area (Å²) < 4.78 is 34.8. The zero-order chi connectivity index (χ0) is 21.0. The SMILES string of the molecule is COC(=O)Cc1nn(Cc2cnn(C)c2)c(=O)cc1SCc1cccc(F)c1F. The molecule has 1 aromatic carbocycles. The number of aryl methyl sites for hydroxylation is 1. The maximum absolute atomic E-state index is 13.9. The molecule has 2 aromatic heterocycles. The highest BCUT2D eigenvalue weighted by molar-refractivity contribution is 7.98. The lowest BCUT2D eigenvalue weighted by atomic mass is 10.2. The van der Waals surface area contributed by atoms with Crippen molar-refractivity contribution in [2.75, 3.05) is 7.11 Å². The molecule has 0 aliphatic carbocycles. The molecule has 0 aliphatic heterocycles. The molecule has 0 bridgehead atoms. The first-order valence-electron chi connectivity index (χ1n) is 8.58. The molecular weight excluding hydrogens is 402 g/mol. The zero-order valence-electron chi connectivity index (χ0n) is 15.8. The Morgan fingerprint density at radius 1 is 1.31 bits per heavy atom. The van der Waals surface area contributed by atoms with Gasteiger partial charge in [0.2, 0.25) is 0 Å². The summed E-state index contributed by atoms with van der Waals surface area (Å²) in [6, 6.07) is 5.24. The first-order valence-corrected chi connectivity index (χ1v) is 9.57. The van der Waals surface area contributed by atoms with Crippen LogP contribution in [-0.4, -0.2) is 32.6 Å². The summed E-state index contributed by atoms with van der Waals surface area (Å²) in [4.78, 5) is 24.7. The summed E-state index contributed by atoms with van der Waals surface area (Å²) in [5.74, 6) is -2.33. The number of benzene rings is 1. The van der Waals surface area contributed by atoms with Gasteiger partial charge in [0.25, 0.3) is 5.56 Å². The molecule has 2 heterocycles. The van der Waals surface area contributed by atoms with Crippen LogP contribution in [-0.2, 0) is 35.3 Å². The Balaban J connectivity index is 1.90. The number of thioether (sulfide) groups is 1. The third kappa shape index (κ3) is 5.08. The fourth-order valence-corrected chi connectivity index (χ4v) is 3.62. The highest BCUT2D eigenvalue weighted by Crippen LogP contribution is 2.26. The molecule has 0 aliphatic rings. The molecule has 0 amide bonds. The van der Waals surface area contributed by atoms with Crippen LogP contribution in [0.25, 0.3) is 0 Å². The van der Waals surface area contributed by atoms with Gasteiger partial charge in [0.1, 0.15) is 0 Å². The molecule has 0 radical (unpaired) electrons. The van der Waals surface area contributed by atoms with Crippen LogP contribution < -0.4 is 5.56 Å². The maximum atomic E-state index is 13.9. The van der Waals surface area contributed by atoms with Crippen molar-refractivity contribution in [1.82, 2.24) is 19.6 Å². The van der Waals surface area contributed by atoms with Crippen LogP contribution in [0.3, 0.4) is 0 Å². The lowest BCUT2D eigenvalue weighted by Gasteiger charge is -2.11. The molecule has 0 saturated carbocycles. The minimum atomic E-state index is -0.942. The van der Waals surface area contributed by atoms with Gasteiger partial charge < -0.3 is 4.74 Å². The van der Waals surface area contributed by atoms with Crippen LogP contribution in [0.5, 0.6) is 0 Å². The van der Waals surface area contributed by atoms with E-state index in [0.29, 0.717) is 10.6 Å². The van der Waals surface area contributed by atoms with Gasteiger partial charge in [0.15, 0.2) is 11.6 Å². The number of nitrogens with zero attached hydrogens (tertiary/aromatic N) is 4. The summed E-state index contributed by atoms with van der Waals surface area (Å²) >= 11 is 1.10. The molecule has 0 saturated heterocycles. The monoisotopic (exact) mass is 420 g/mol. The van der Waals surface area contributed by atoms with Crippen molar-refractivity contribution in [3.05, 3.63) is 75.5 Å². The van der Waals surface area contributed by atoms with E-state index in [2.05, 4.69) is 10.2 Å². The van der Waals surface area contributed by atoms with E-state index >= 15 is 0 Å². The van der Waals surface area contributed by atoms with Crippen LogP contribution in [0, 0.1) is 11.6 Å². The molecule has 10 heteroatoms. The Hall–Kier alpha value is -3.01. The van der Waals surface area contributed by atoms with Crippen molar-refractivity contribution < 1.29 is 18.3 Å². The van der Waals surface area contributed by atoms with Crippen molar-refractivity contribution >= 4 is 17.7 Å². The Labute approximate surface area is 169 Å². The molecular formula is C19H18F2N4O3S. The minimum Gasteiger partial charge on any atom is -0.469 e. The number of carbonyl (C=O) groups is 1. The summed E-state index contributed by atoms with van der Waals surface area (Å²) in [6.07, 6.45) is 3.21. The largest absolute Gasteiger partial charge is 0.469 e. The third-order valence-electron chi connectivity index (χ3n) is 4.08. The Kier molecular flexibility index (Phi) is 6.42. The van der Waals surface area contributed by atoms with E-state index in [1.807, 2.05) is 0 Å². The number of rotatable bonds is 7. The number of hydrogen-bond donors (Lipinski definition) is 0. The zero-order valence-corrected chi connectivity index (χ0v) is 16.6. The fourth-order valence-electron chi connectivity index (χ4n) is 2.63. The average Bonchev–Trinajstić information content (AvgIpc) is 3.10. The van der Waals surface area contributed by atoms with Crippen LogP contribution >= 0.6 is 11.8 Å². The molecule has 0 spiro atoms. The lowest BCUT2D eigenvalue weighted by molar-refractivity contribution is -0.139. The second-order valence-corrected chi connectivity index (χ2v) is 7.25. The number of aromatic nitrogens is 4. The standard InChI is InChI=1S/C19H18F2N4O3S/c1-24-9-12(8-22-24)10-25-17(26)7-16(15(23-25)6-18(27)28-2)29-11-13-4-3-5-14(20)19(13)21/h3-5,7-9H,6,10-11H2,1-2H3. The smallest absolute Gasteiger partial charge is 0.311 e. The number of hydrogen-bond acceptors (Lipinski definition) is 6. The van der Waals surface area contributed by atoms with Crippen molar-refractivity contribution in [2.45, 2.75) is 23.6 Å². The summed E-state index contributed by atoms with van der Waals surface area (Å²) in [6.45, 7) is 0.185. The predicted molar refractivity (Wildman–Crippen MR) is 102 cm³/mol. The number of methoxy groups -OCH3 is 1. The number of carbonyl (C=O) groups excluding carboxylic acids is 1. The quantitative estimate of drug-likeness (QED) is 0.431. The molecule has 152 valence electrons. The average molecular weight is 420 g/mol. The fraction of sp³-hybridized carbons (Fsp3) is 0.263. The van der Waals surface area contributed by atoms with E-state index in [0.717, 1.165) is 23.4 Å². The molecule has 0 N–H and O–H groups in total. The Morgan fingerprint density at radius 3 is 2.79 bits per heavy atom. The second kappa shape index (κ2) is 8.99. The molecule has 29 heavy (non-hydrogen) atoms. The highest BCUT2D eigenvalue weighted by atomic mass is 32.2. The van der Waals surface area contributed by atoms with Crippen LogP contribution in [0.2, 0.25) is 0 Å². The van der Waals surface area contributed by atoms with Gasteiger partial charge in [-0.2, -0.15) is 10.2 Å². The maximum Gasteiger partial charge on any atom is 0.311 e.